The molecule has 270 valence electrons. The molecule has 3 aromatic carbocycles. The molecule has 11 nitrogen and oxygen atoms in total. The molecule has 3 N–H and O–H groups in total. The summed E-state index contributed by atoms with van der Waals surface area (Å²) in [4.78, 5) is 32.9. The summed E-state index contributed by atoms with van der Waals surface area (Å²) in [5.74, 6) is 1.14. The topological polar surface area (TPSA) is 161 Å². The van der Waals surface area contributed by atoms with Gasteiger partial charge in [-0.3, -0.25) is 14.7 Å². The Labute approximate surface area is 308 Å². The Morgan fingerprint density at radius 1 is 1.02 bits per heavy atom. The molecule has 4 heterocycles. The maximum Gasteiger partial charge on any atom is 0.310 e. The van der Waals surface area contributed by atoms with Crippen LogP contribution in [-0.4, -0.2) is 60.7 Å². The van der Waals surface area contributed by atoms with Crippen molar-refractivity contribution in [2.75, 3.05) is 25.0 Å². The van der Waals surface area contributed by atoms with Gasteiger partial charge in [-0.15, -0.1) is 0 Å². The summed E-state index contributed by atoms with van der Waals surface area (Å²) >= 11 is 0. The van der Waals surface area contributed by atoms with Crippen LogP contribution in [0.5, 0.6) is 0 Å². The zero-order valence-electron chi connectivity index (χ0n) is 30.7. The molecule has 53 heavy (non-hydrogen) atoms. The van der Waals surface area contributed by atoms with Crippen molar-refractivity contribution >= 4 is 39.6 Å². The average molecular weight is 710 g/mol. The summed E-state index contributed by atoms with van der Waals surface area (Å²) in [6.07, 6.45) is 4.13. The van der Waals surface area contributed by atoms with Crippen molar-refractivity contribution in [1.29, 1.82) is 5.26 Å². The highest BCUT2D eigenvalue weighted by Gasteiger charge is 2.40. The van der Waals surface area contributed by atoms with Gasteiger partial charge >= 0.3 is 5.97 Å². The molecule has 1 aliphatic rings. The van der Waals surface area contributed by atoms with Crippen molar-refractivity contribution < 1.29 is 19.4 Å². The number of hydrogen-bond acceptors (Lipinski definition) is 10. The number of nitrogens with one attached hydrogen (secondary N) is 1. The van der Waals surface area contributed by atoms with E-state index in [1.807, 2.05) is 63.4 Å². The maximum absolute atomic E-state index is 11.8. The second kappa shape index (κ2) is 14.4. The molecule has 0 bridgehead atoms. The van der Waals surface area contributed by atoms with Gasteiger partial charge in [0.25, 0.3) is 0 Å². The van der Waals surface area contributed by atoms with Crippen LogP contribution in [0.4, 0.5) is 11.5 Å². The third-order valence-electron chi connectivity index (χ3n) is 10.5. The van der Waals surface area contributed by atoms with Crippen molar-refractivity contribution in [2.45, 2.75) is 60.4 Å². The van der Waals surface area contributed by atoms with E-state index in [-0.39, 0.29) is 12.5 Å². The number of carbonyl (C=O) groups is 1. The summed E-state index contributed by atoms with van der Waals surface area (Å²) < 4.78 is 6.29. The van der Waals surface area contributed by atoms with E-state index in [4.69, 9.17) is 19.4 Å². The van der Waals surface area contributed by atoms with E-state index in [1.54, 1.807) is 6.92 Å². The fourth-order valence-electron chi connectivity index (χ4n) is 7.26. The van der Waals surface area contributed by atoms with E-state index >= 15 is 0 Å². The number of aliphatic hydroxyl groups excluding tert-OH is 1. The Morgan fingerprint density at radius 2 is 1.75 bits per heavy atom. The number of fused-ring (bicyclic) bond motifs is 2. The molecule has 0 radical (unpaired) electrons. The first-order valence-electron chi connectivity index (χ1n) is 18.0. The van der Waals surface area contributed by atoms with E-state index in [2.05, 4.69) is 46.4 Å². The molecule has 0 aliphatic carbocycles. The van der Waals surface area contributed by atoms with Gasteiger partial charge in [0.1, 0.15) is 22.9 Å². The first kappa shape index (κ1) is 35.7. The highest BCUT2D eigenvalue weighted by Crippen LogP contribution is 2.38. The van der Waals surface area contributed by atoms with Crippen molar-refractivity contribution in [2.24, 2.45) is 11.3 Å². The standard InChI is InChI=1S/C42H43N7O4/c1-24(22-50)12-13-28-17-35-37(44-20-28)39(46-27(4)45-35)47-34-11-7-9-32(26(34)3)31-8-6-10-33(25(31)2)40-48-36-18-29(16-30(19-43)38(36)53-40)21-49-15-14-42(5,23-49)41(51)52/h6-11,16-18,20,24,50H,12-15,21-23H2,1-5H3,(H,51,52)(H,45,46,47)/t24-,42-/m1/s1. The predicted molar refractivity (Wildman–Crippen MR) is 205 cm³/mol. The molecule has 1 fully saturated rings. The predicted octanol–water partition coefficient (Wildman–Crippen LogP) is 7.90. The summed E-state index contributed by atoms with van der Waals surface area (Å²) in [7, 11) is 0. The Bertz CT molecular complexity index is 2420. The molecular formula is C42H43N7O4. The molecule has 1 aliphatic heterocycles. The number of hydrogen-bond donors (Lipinski definition) is 3. The van der Waals surface area contributed by atoms with Gasteiger partial charge in [0.2, 0.25) is 5.89 Å². The summed E-state index contributed by atoms with van der Waals surface area (Å²) in [6.45, 7) is 11.6. The lowest BCUT2D eigenvalue weighted by Crippen LogP contribution is -2.31. The first-order chi connectivity index (χ1) is 25.5. The number of nitrogens with zero attached hydrogens (tertiary/aromatic N) is 6. The van der Waals surface area contributed by atoms with Gasteiger partial charge in [-0.05, 0) is 123 Å². The second-order valence-corrected chi connectivity index (χ2v) is 14.7. The van der Waals surface area contributed by atoms with Crippen LogP contribution in [0.1, 0.15) is 60.3 Å². The van der Waals surface area contributed by atoms with Crippen LogP contribution in [0.3, 0.4) is 0 Å². The van der Waals surface area contributed by atoms with Crippen LogP contribution in [-0.2, 0) is 17.8 Å². The third-order valence-corrected chi connectivity index (χ3v) is 10.5. The third kappa shape index (κ3) is 7.08. The van der Waals surface area contributed by atoms with Gasteiger partial charge in [0, 0.05) is 37.1 Å². The average Bonchev–Trinajstić information content (AvgIpc) is 3.75. The van der Waals surface area contributed by atoms with Crippen molar-refractivity contribution in [1.82, 2.24) is 24.8 Å². The Balaban J connectivity index is 1.18. The molecule has 11 heteroatoms. The van der Waals surface area contributed by atoms with E-state index in [1.165, 1.54) is 0 Å². The van der Waals surface area contributed by atoms with Crippen LogP contribution in [0.2, 0.25) is 0 Å². The molecule has 0 spiro atoms. The number of aromatic nitrogens is 4. The minimum atomic E-state index is -0.785. The van der Waals surface area contributed by atoms with Crippen LogP contribution in [0, 0.1) is 43.4 Å². The van der Waals surface area contributed by atoms with E-state index in [0.29, 0.717) is 65.8 Å². The van der Waals surface area contributed by atoms with Gasteiger partial charge in [-0.25, -0.2) is 15.0 Å². The van der Waals surface area contributed by atoms with E-state index in [9.17, 15) is 20.3 Å². The van der Waals surface area contributed by atoms with Gasteiger partial charge in [-0.2, -0.15) is 5.26 Å². The number of aliphatic hydroxyl groups is 1. The molecule has 0 amide bonds. The zero-order valence-corrected chi connectivity index (χ0v) is 30.7. The number of pyridine rings is 1. The summed E-state index contributed by atoms with van der Waals surface area (Å²) in [5.41, 5.74) is 9.86. The molecule has 0 saturated carbocycles. The highest BCUT2D eigenvalue weighted by atomic mass is 16.4. The lowest BCUT2D eigenvalue weighted by molar-refractivity contribution is -0.147. The normalized spacial score (nSPS) is 16.6. The van der Waals surface area contributed by atoms with Crippen LogP contribution in [0.15, 0.2) is 65.2 Å². The SMILES string of the molecule is Cc1nc(Nc2cccc(-c3cccc(-c4nc5cc(CN6CC[C@@](C)(C(=O)O)C6)cc(C#N)c5o4)c3C)c2C)c2ncc(CC[C@@H](C)CO)cc2n1. The summed E-state index contributed by atoms with van der Waals surface area (Å²) in [6, 6.07) is 20.3. The second-order valence-electron chi connectivity index (χ2n) is 14.7. The summed E-state index contributed by atoms with van der Waals surface area (Å²) in [5, 5.41) is 32.7. The van der Waals surface area contributed by atoms with Crippen molar-refractivity contribution in [3.8, 4) is 28.7 Å². The number of rotatable bonds is 11. The van der Waals surface area contributed by atoms with E-state index < -0.39 is 11.4 Å². The molecule has 2 atom stereocenters. The first-order valence-corrected chi connectivity index (χ1v) is 18.0. The highest BCUT2D eigenvalue weighted by molar-refractivity contribution is 5.90. The lowest BCUT2D eigenvalue weighted by atomic mass is 9.90. The smallest absolute Gasteiger partial charge is 0.310 e. The van der Waals surface area contributed by atoms with Crippen LogP contribution < -0.4 is 5.32 Å². The molecule has 1 saturated heterocycles. The number of nitriles is 1. The lowest BCUT2D eigenvalue weighted by Gasteiger charge is -2.20. The number of oxazole rings is 1. The van der Waals surface area contributed by atoms with Crippen molar-refractivity contribution in [3.63, 3.8) is 0 Å². The number of likely N-dealkylation sites (tertiary alicyclic amines) is 1. The zero-order chi connectivity index (χ0) is 37.4. The fraction of sp³-hybridized carbons (Fsp3) is 0.333. The number of carboxylic acid groups (broad SMARTS) is 1. The van der Waals surface area contributed by atoms with Gasteiger partial charge in [0.15, 0.2) is 11.4 Å². The number of anilines is 2. The Hall–Kier alpha value is -5.70. The fourth-order valence-corrected chi connectivity index (χ4v) is 7.26. The molecule has 3 aromatic heterocycles. The number of aryl methyl sites for hydroxylation is 2. The van der Waals surface area contributed by atoms with Gasteiger partial charge in [-0.1, -0.05) is 31.2 Å². The maximum atomic E-state index is 11.8. The molecule has 0 unspecified atom stereocenters. The minimum absolute atomic E-state index is 0.165. The molecule has 6 aromatic rings. The minimum Gasteiger partial charge on any atom is -0.481 e. The molecule has 7 rings (SSSR count). The molecular weight excluding hydrogens is 667 g/mol. The number of carboxylic acids is 1. The van der Waals surface area contributed by atoms with Crippen molar-refractivity contribution in [3.05, 3.63) is 94.4 Å². The Morgan fingerprint density at radius 3 is 2.49 bits per heavy atom. The number of benzene rings is 3. The van der Waals surface area contributed by atoms with Gasteiger partial charge < -0.3 is 19.9 Å². The Kier molecular flexibility index (Phi) is 9.68. The van der Waals surface area contributed by atoms with Crippen LogP contribution in [0.25, 0.3) is 44.7 Å². The largest absolute Gasteiger partial charge is 0.481 e. The van der Waals surface area contributed by atoms with Crippen LogP contribution >= 0.6 is 0 Å². The number of aliphatic carboxylic acids is 1. The quantitative estimate of drug-likeness (QED) is 0.120. The monoisotopic (exact) mass is 709 g/mol. The van der Waals surface area contributed by atoms with E-state index in [0.717, 1.165) is 63.0 Å². The van der Waals surface area contributed by atoms with Gasteiger partial charge in [0.05, 0.1) is 16.5 Å².